The summed E-state index contributed by atoms with van der Waals surface area (Å²) in [4.78, 5) is 17.9. The van der Waals surface area contributed by atoms with Crippen molar-refractivity contribution in [1.29, 1.82) is 0 Å². The lowest BCUT2D eigenvalue weighted by Gasteiger charge is -2.27. The smallest absolute Gasteiger partial charge is 0.274 e. The highest BCUT2D eigenvalue weighted by molar-refractivity contribution is 7.20. The molecule has 154 valence electrons. The van der Waals surface area contributed by atoms with E-state index in [4.69, 9.17) is 39.6 Å². The van der Waals surface area contributed by atoms with Gasteiger partial charge in [-0.15, -0.1) is 11.3 Å². The van der Waals surface area contributed by atoms with Crippen molar-refractivity contribution >= 4 is 52.0 Å². The molecule has 1 aliphatic rings. The van der Waals surface area contributed by atoms with Gasteiger partial charge in [0.2, 0.25) is 0 Å². The van der Waals surface area contributed by atoms with Crippen LogP contribution in [0.5, 0.6) is 0 Å². The van der Waals surface area contributed by atoms with Crippen molar-refractivity contribution in [3.05, 3.63) is 36.7 Å². The second kappa shape index (κ2) is 7.68. The molecule has 0 bridgehead atoms. The molecule has 0 aromatic carbocycles. The Morgan fingerprint density at radius 1 is 1.39 bits per heavy atom. The first-order valence-corrected chi connectivity index (χ1v) is 10.0. The van der Waals surface area contributed by atoms with Gasteiger partial charge in [-0.2, -0.15) is 18.3 Å². The van der Waals surface area contributed by atoms with Crippen molar-refractivity contribution in [3.8, 4) is 0 Å². The summed E-state index contributed by atoms with van der Waals surface area (Å²) >= 11 is 19.6. The largest absolute Gasteiger partial charge is 0.435 e. The van der Waals surface area contributed by atoms with Gasteiger partial charge in [0.15, 0.2) is 5.69 Å². The Labute approximate surface area is 177 Å². The molecule has 1 unspecified atom stereocenters. The molecule has 0 radical (unpaired) electrons. The van der Waals surface area contributed by atoms with Crippen LogP contribution < -0.4 is 0 Å². The first-order valence-electron chi connectivity index (χ1n) is 8.09. The van der Waals surface area contributed by atoms with Crippen LogP contribution in [0, 0.1) is 5.92 Å². The molecule has 1 saturated carbocycles. The summed E-state index contributed by atoms with van der Waals surface area (Å²) in [5, 5.41) is 4.68. The van der Waals surface area contributed by atoms with Crippen LogP contribution in [0.1, 0.15) is 40.9 Å². The number of nitrogens with zero attached hydrogens (tertiary/aromatic N) is 3. The summed E-state index contributed by atoms with van der Waals surface area (Å²) < 4.78 is 41.4. The average molecular weight is 477 g/mol. The number of carbonyl (C=O) groups excluding carboxylic acids is 1. The zero-order valence-corrected chi connectivity index (χ0v) is 17.9. The highest BCUT2D eigenvalue weighted by atomic mass is 35.5. The van der Waals surface area contributed by atoms with Gasteiger partial charge in [-0.3, -0.25) is 14.3 Å². The molecule has 3 atom stereocenters. The van der Waals surface area contributed by atoms with E-state index < -0.39 is 29.4 Å². The summed E-state index contributed by atoms with van der Waals surface area (Å²) in [6.07, 6.45) is -3.08. The molecule has 1 aliphatic carbocycles. The van der Waals surface area contributed by atoms with Gasteiger partial charge in [-0.25, -0.2) is 5.06 Å². The molecule has 0 spiro atoms. The average Bonchev–Trinajstić information content (AvgIpc) is 3.19. The number of rotatable bonds is 5. The van der Waals surface area contributed by atoms with Gasteiger partial charge in [-0.05, 0) is 25.2 Å². The van der Waals surface area contributed by atoms with E-state index in [0.717, 1.165) is 27.3 Å². The van der Waals surface area contributed by atoms with Crippen LogP contribution in [0.3, 0.4) is 0 Å². The molecule has 12 heteroatoms. The molecule has 28 heavy (non-hydrogen) atoms. The molecule has 1 fully saturated rings. The third-order valence-corrected chi connectivity index (χ3v) is 6.96. The van der Waals surface area contributed by atoms with Crippen LogP contribution in [-0.4, -0.2) is 33.9 Å². The van der Waals surface area contributed by atoms with Gasteiger partial charge in [0.25, 0.3) is 5.91 Å². The van der Waals surface area contributed by atoms with Crippen LogP contribution in [0.2, 0.25) is 13.7 Å². The molecule has 5 nitrogen and oxygen atoms in total. The Morgan fingerprint density at radius 2 is 2.04 bits per heavy atom. The van der Waals surface area contributed by atoms with E-state index in [1.165, 1.54) is 14.2 Å². The number of hydroxylamine groups is 2. The fourth-order valence-corrected chi connectivity index (χ4v) is 5.43. The molecule has 2 heterocycles. The molecule has 3 rings (SSSR count). The molecular formula is C16H15Cl3F3N3O2S. The maximum Gasteiger partial charge on any atom is 0.435 e. The molecule has 0 N–H and O–H groups in total. The summed E-state index contributed by atoms with van der Waals surface area (Å²) in [7, 11) is 2.55. The Kier molecular flexibility index (Phi) is 5.95. The third kappa shape index (κ3) is 3.87. The summed E-state index contributed by atoms with van der Waals surface area (Å²) in [6, 6.07) is -0.519. The number of hydrogen-bond donors (Lipinski definition) is 0. The molecule has 2 aromatic rings. The number of carbonyl (C=O) groups is 1. The number of amides is 1. The Morgan fingerprint density at radius 3 is 2.54 bits per heavy atom. The minimum Gasteiger partial charge on any atom is -0.274 e. The van der Waals surface area contributed by atoms with Gasteiger partial charge in [0, 0.05) is 18.8 Å². The molecule has 1 amide bonds. The first kappa shape index (κ1) is 21.7. The van der Waals surface area contributed by atoms with Crippen molar-refractivity contribution in [2.24, 2.45) is 13.0 Å². The number of halogens is 6. The van der Waals surface area contributed by atoms with Gasteiger partial charge in [0.1, 0.15) is 4.34 Å². The lowest BCUT2D eigenvalue weighted by Crippen LogP contribution is -2.40. The first-order chi connectivity index (χ1) is 13.0. The second-order valence-corrected chi connectivity index (χ2v) is 9.10. The monoisotopic (exact) mass is 475 g/mol. The molecule has 0 saturated heterocycles. The Hall–Kier alpha value is -1.00. The number of thiophene rings is 1. The van der Waals surface area contributed by atoms with Crippen LogP contribution in [0.4, 0.5) is 13.2 Å². The predicted octanol–water partition coefficient (Wildman–Crippen LogP) is 5.66. The summed E-state index contributed by atoms with van der Waals surface area (Å²) in [5.41, 5.74) is -1.12. The van der Waals surface area contributed by atoms with Crippen LogP contribution in [0.15, 0.2) is 6.20 Å². The fourth-order valence-electron chi connectivity index (χ4n) is 3.34. The standard InChI is InChI=1S/C16H15Cl3F3N3O2S/c1-6(7-4-8(7)10-11(17)14(19)28-13(10)18)25(27-3)15(26)9-5-24(2)23-12(9)16(20,21)22/h5-8H,4H2,1-3H3/t6?,7-,8+/m0/s1. The summed E-state index contributed by atoms with van der Waals surface area (Å²) in [6.45, 7) is 1.70. The highest BCUT2D eigenvalue weighted by Gasteiger charge is 2.49. The lowest BCUT2D eigenvalue weighted by molar-refractivity contribution is -0.144. The Balaban J connectivity index is 1.84. The number of alkyl halides is 3. The SMILES string of the molecule is CON(C(=O)c1cn(C)nc1C(F)(F)F)C(C)[C@@H]1C[C@H]1c1c(Cl)sc(Cl)c1Cl. The van der Waals surface area contributed by atoms with Gasteiger partial charge in [0.05, 0.1) is 28.1 Å². The fraction of sp³-hybridized carbons (Fsp3) is 0.500. The van der Waals surface area contributed by atoms with Crippen molar-refractivity contribution < 1.29 is 22.8 Å². The number of aryl methyl sites for hydroxylation is 1. The quantitative estimate of drug-likeness (QED) is 0.524. The van der Waals surface area contributed by atoms with Gasteiger partial charge in [-0.1, -0.05) is 34.8 Å². The number of aromatic nitrogens is 2. The van der Waals surface area contributed by atoms with Crippen molar-refractivity contribution in [2.75, 3.05) is 7.11 Å². The van der Waals surface area contributed by atoms with E-state index in [9.17, 15) is 18.0 Å². The van der Waals surface area contributed by atoms with Crippen LogP contribution >= 0.6 is 46.1 Å². The molecule has 2 aromatic heterocycles. The molecule has 0 aliphatic heterocycles. The van der Waals surface area contributed by atoms with E-state index in [1.54, 1.807) is 6.92 Å². The maximum absolute atomic E-state index is 13.2. The lowest BCUT2D eigenvalue weighted by atomic mass is 10.1. The minimum atomic E-state index is -4.76. The second-order valence-electron chi connectivity index (χ2n) is 6.50. The Bertz CT molecular complexity index is 915. The third-order valence-electron chi connectivity index (χ3n) is 4.72. The van der Waals surface area contributed by atoms with E-state index in [1.807, 2.05) is 0 Å². The van der Waals surface area contributed by atoms with Crippen molar-refractivity contribution in [3.63, 3.8) is 0 Å². The van der Waals surface area contributed by atoms with E-state index in [2.05, 4.69) is 5.10 Å². The van der Waals surface area contributed by atoms with Gasteiger partial charge < -0.3 is 0 Å². The highest BCUT2D eigenvalue weighted by Crippen LogP contribution is 2.57. The van der Waals surface area contributed by atoms with Crippen molar-refractivity contribution in [2.45, 2.75) is 31.5 Å². The predicted molar refractivity (Wildman–Crippen MR) is 101 cm³/mol. The zero-order chi connectivity index (χ0) is 21.0. The number of hydrogen-bond acceptors (Lipinski definition) is 4. The van der Waals surface area contributed by atoms with Crippen LogP contribution in [0.25, 0.3) is 0 Å². The molecular weight excluding hydrogens is 462 g/mol. The van der Waals surface area contributed by atoms with Gasteiger partial charge >= 0.3 is 6.18 Å². The van der Waals surface area contributed by atoms with Crippen molar-refractivity contribution in [1.82, 2.24) is 14.8 Å². The maximum atomic E-state index is 13.2. The normalized spacial score (nSPS) is 20.3. The topological polar surface area (TPSA) is 47.4 Å². The minimum absolute atomic E-state index is 0.0554. The van der Waals surface area contributed by atoms with E-state index in [0.29, 0.717) is 25.7 Å². The van der Waals surface area contributed by atoms with Crippen LogP contribution in [-0.2, 0) is 18.1 Å². The zero-order valence-electron chi connectivity index (χ0n) is 14.9. The van der Waals surface area contributed by atoms with E-state index >= 15 is 0 Å². The summed E-state index contributed by atoms with van der Waals surface area (Å²) in [5.74, 6) is -1.06. The van der Waals surface area contributed by atoms with E-state index in [-0.39, 0.29) is 11.8 Å².